The molecule has 21 heavy (non-hydrogen) atoms. The normalized spacial score (nSPS) is 19.0. The smallest absolute Gasteiger partial charge is 0.325 e. The maximum absolute atomic E-state index is 12.1. The third-order valence-corrected chi connectivity index (χ3v) is 3.84. The number of rotatable bonds is 4. The molecule has 0 radical (unpaired) electrons. The van der Waals surface area contributed by atoms with Gasteiger partial charge in [-0.1, -0.05) is 6.07 Å². The number of carbonyl (C=O) groups is 2. The summed E-state index contributed by atoms with van der Waals surface area (Å²) in [7, 11) is 1.33. The first kappa shape index (κ1) is 16.2. The van der Waals surface area contributed by atoms with Crippen molar-refractivity contribution in [1.29, 1.82) is 0 Å². The summed E-state index contributed by atoms with van der Waals surface area (Å²) >= 11 is 2.18. The lowest BCUT2D eigenvalue weighted by Gasteiger charge is -2.32. The molecule has 1 N–H and O–H groups in total. The first-order chi connectivity index (χ1) is 10.1. The highest BCUT2D eigenvalue weighted by atomic mass is 127. The quantitative estimate of drug-likeness (QED) is 0.602. The van der Waals surface area contributed by atoms with Crippen molar-refractivity contribution in [2.75, 3.05) is 38.7 Å². The predicted molar refractivity (Wildman–Crippen MR) is 86.0 cm³/mol. The van der Waals surface area contributed by atoms with Gasteiger partial charge in [0.1, 0.15) is 6.04 Å². The van der Waals surface area contributed by atoms with Crippen LogP contribution in [0.5, 0.6) is 0 Å². The SMILES string of the molecule is COC(=O)C1COCCN1CC(=O)Nc1cccc(I)c1. The molecule has 0 spiro atoms. The van der Waals surface area contributed by atoms with Gasteiger partial charge in [0.15, 0.2) is 0 Å². The summed E-state index contributed by atoms with van der Waals surface area (Å²) in [4.78, 5) is 25.6. The lowest BCUT2D eigenvalue weighted by Crippen LogP contribution is -2.52. The highest BCUT2D eigenvalue weighted by Crippen LogP contribution is 2.13. The molecule has 1 aliphatic rings. The Hall–Kier alpha value is -1.19. The van der Waals surface area contributed by atoms with Gasteiger partial charge in [-0.15, -0.1) is 0 Å². The van der Waals surface area contributed by atoms with Crippen LogP contribution in [0.3, 0.4) is 0 Å². The van der Waals surface area contributed by atoms with Gasteiger partial charge in [-0.3, -0.25) is 14.5 Å². The van der Waals surface area contributed by atoms with Crippen molar-refractivity contribution in [3.8, 4) is 0 Å². The molecular weight excluding hydrogens is 387 g/mol. The third kappa shape index (κ3) is 4.65. The standard InChI is InChI=1S/C14H17IN2O4/c1-20-14(19)12-9-21-6-5-17(12)8-13(18)16-11-4-2-3-10(15)7-11/h2-4,7,12H,5-6,8-9H2,1H3,(H,16,18). The van der Waals surface area contributed by atoms with E-state index >= 15 is 0 Å². The fourth-order valence-corrected chi connectivity index (χ4v) is 2.67. The lowest BCUT2D eigenvalue weighted by atomic mass is 10.2. The zero-order valence-electron chi connectivity index (χ0n) is 11.7. The van der Waals surface area contributed by atoms with Crippen LogP contribution < -0.4 is 5.32 Å². The molecule has 6 nitrogen and oxygen atoms in total. The molecule has 0 aliphatic carbocycles. The first-order valence-corrected chi connectivity index (χ1v) is 7.63. The van der Waals surface area contributed by atoms with Gasteiger partial charge in [0.2, 0.25) is 5.91 Å². The predicted octanol–water partition coefficient (Wildman–Crippen LogP) is 1.10. The maximum atomic E-state index is 12.1. The first-order valence-electron chi connectivity index (χ1n) is 6.55. The number of morpholine rings is 1. The summed E-state index contributed by atoms with van der Waals surface area (Å²) in [6.07, 6.45) is 0. The lowest BCUT2D eigenvalue weighted by molar-refractivity contribution is -0.153. The summed E-state index contributed by atoms with van der Waals surface area (Å²) < 4.78 is 11.1. The van der Waals surface area contributed by atoms with Crippen LogP contribution in [-0.4, -0.2) is 56.2 Å². The molecule has 2 rings (SSSR count). The van der Waals surface area contributed by atoms with Gasteiger partial charge in [-0.25, -0.2) is 0 Å². The van der Waals surface area contributed by atoms with Crippen LogP contribution >= 0.6 is 22.6 Å². The number of esters is 1. The Morgan fingerprint density at radius 2 is 2.33 bits per heavy atom. The number of nitrogens with zero attached hydrogens (tertiary/aromatic N) is 1. The summed E-state index contributed by atoms with van der Waals surface area (Å²) in [6, 6.07) is 7.02. The van der Waals surface area contributed by atoms with E-state index in [0.29, 0.717) is 13.2 Å². The van der Waals surface area contributed by atoms with Crippen molar-refractivity contribution in [2.24, 2.45) is 0 Å². The van der Waals surface area contributed by atoms with E-state index in [1.165, 1.54) is 7.11 Å². The maximum Gasteiger partial charge on any atom is 0.325 e. The monoisotopic (exact) mass is 404 g/mol. The van der Waals surface area contributed by atoms with Crippen molar-refractivity contribution in [3.63, 3.8) is 0 Å². The van der Waals surface area contributed by atoms with Crippen molar-refractivity contribution >= 4 is 40.2 Å². The number of nitrogens with one attached hydrogen (secondary N) is 1. The van der Waals surface area contributed by atoms with Crippen LogP contribution in [0, 0.1) is 3.57 Å². The van der Waals surface area contributed by atoms with Gasteiger partial charge in [0, 0.05) is 15.8 Å². The van der Waals surface area contributed by atoms with E-state index in [-0.39, 0.29) is 25.0 Å². The minimum atomic E-state index is -0.523. The number of hydrogen-bond acceptors (Lipinski definition) is 5. The fourth-order valence-electron chi connectivity index (χ4n) is 2.13. The molecule has 114 valence electrons. The summed E-state index contributed by atoms with van der Waals surface area (Å²) in [6.45, 7) is 1.42. The van der Waals surface area contributed by atoms with Gasteiger partial charge in [-0.2, -0.15) is 0 Å². The van der Waals surface area contributed by atoms with Crippen LogP contribution in [0.25, 0.3) is 0 Å². The molecule has 0 aromatic heterocycles. The number of amides is 1. The molecule has 0 bridgehead atoms. The largest absolute Gasteiger partial charge is 0.468 e. The molecule has 1 saturated heterocycles. The average Bonchev–Trinajstić information content (AvgIpc) is 2.47. The second-order valence-corrected chi connectivity index (χ2v) is 5.89. The molecule has 1 aromatic carbocycles. The minimum absolute atomic E-state index is 0.134. The molecule has 1 aromatic rings. The fraction of sp³-hybridized carbons (Fsp3) is 0.429. The van der Waals surface area contributed by atoms with Crippen LogP contribution in [0.2, 0.25) is 0 Å². The van der Waals surface area contributed by atoms with E-state index < -0.39 is 6.04 Å². The molecular formula is C14H17IN2O4. The van der Waals surface area contributed by atoms with Crippen LogP contribution in [0.4, 0.5) is 5.69 Å². The minimum Gasteiger partial charge on any atom is -0.468 e. The van der Waals surface area contributed by atoms with E-state index in [1.54, 1.807) is 4.90 Å². The number of anilines is 1. The Balaban J connectivity index is 1.95. The van der Waals surface area contributed by atoms with E-state index in [9.17, 15) is 9.59 Å². The Bertz CT molecular complexity index is 523. The Morgan fingerprint density at radius 3 is 3.05 bits per heavy atom. The highest BCUT2D eigenvalue weighted by Gasteiger charge is 2.31. The van der Waals surface area contributed by atoms with Gasteiger partial charge in [0.25, 0.3) is 0 Å². The second-order valence-electron chi connectivity index (χ2n) is 4.64. The topological polar surface area (TPSA) is 67.9 Å². The number of halogens is 1. The average molecular weight is 404 g/mol. The number of carbonyl (C=O) groups excluding carboxylic acids is 2. The Labute approximate surface area is 136 Å². The van der Waals surface area contributed by atoms with Gasteiger partial charge >= 0.3 is 5.97 Å². The highest BCUT2D eigenvalue weighted by molar-refractivity contribution is 14.1. The van der Waals surface area contributed by atoms with Crippen LogP contribution in [-0.2, 0) is 19.1 Å². The van der Waals surface area contributed by atoms with Crippen molar-refractivity contribution < 1.29 is 19.1 Å². The van der Waals surface area contributed by atoms with Gasteiger partial charge < -0.3 is 14.8 Å². The van der Waals surface area contributed by atoms with Crippen LogP contribution in [0.15, 0.2) is 24.3 Å². The van der Waals surface area contributed by atoms with Crippen molar-refractivity contribution in [2.45, 2.75) is 6.04 Å². The number of benzene rings is 1. The molecule has 1 amide bonds. The molecule has 0 saturated carbocycles. The number of hydrogen-bond donors (Lipinski definition) is 1. The van der Waals surface area contributed by atoms with Crippen molar-refractivity contribution in [1.82, 2.24) is 4.90 Å². The van der Waals surface area contributed by atoms with E-state index in [0.717, 1.165) is 9.26 Å². The van der Waals surface area contributed by atoms with Gasteiger partial charge in [-0.05, 0) is 40.8 Å². The third-order valence-electron chi connectivity index (χ3n) is 3.17. The summed E-state index contributed by atoms with van der Waals surface area (Å²) in [5, 5.41) is 2.83. The zero-order valence-corrected chi connectivity index (χ0v) is 13.8. The van der Waals surface area contributed by atoms with E-state index in [1.807, 2.05) is 24.3 Å². The Morgan fingerprint density at radius 1 is 1.52 bits per heavy atom. The summed E-state index contributed by atoms with van der Waals surface area (Å²) in [5.41, 5.74) is 0.745. The number of ether oxygens (including phenoxy) is 2. The molecule has 1 fully saturated rings. The molecule has 7 heteroatoms. The van der Waals surface area contributed by atoms with Crippen LogP contribution in [0.1, 0.15) is 0 Å². The van der Waals surface area contributed by atoms with Crippen molar-refractivity contribution in [3.05, 3.63) is 27.8 Å². The summed E-state index contributed by atoms with van der Waals surface area (Å²) in [5.74, 6) is -0.537. The van der Waals surface area contributed by atoms with E-state index in [4.69, 9.17) is 9.47 Å². The molecule has 1 unspecified atom stereocenters. The van der Waals surface area contributed by atoms with Gasteiger partial charge in [0.05, 0.1) is 26.9 Å². The number of methoxy groups -OCH3 is 1. The zero-order chi connectivity index (χ0) is 15.2. The molecule has 1 aliphatic heterocycles. The van der Waals surface area contributed by atoms with E-state index in [2.05, 4.69) is 27.9 Å². The second kappa shape index (κ2) is 7.71. The molecule has 1 atom stereocenters. The molecule has 1 heterocycles. The Kier molecular flexibility index (Phi) is 5.95.